The van der Waals surface area contributed by atoms with Crippen LogP contribution in [-0.2, 0) is 4.43 Å². The highest BCUT2D eigenvalue weighted by atomic mass is 28.4. The quantitative estimate of drug-likeness (QED) is 0.453. The molecule has 0 aliphatic rings. The van der Waals surface area contributed by atoms with E-state index in [-0.39, 0.29) is 0 Å². The lowest BCUT2D eigenvalue weighted by Crippen LogP contribution is -2.21. The predicted molar refractivity (Wildman–Crippen MR) is 27.7 cm³/mol. The van der Waals surface area contributed by atoms with Gasteiger partial charge < -0.3 is 4.43 Å². The van der Waals surface area contributed by atoms with Crippen molar-refractivity contribution in [3.8, 4) is 0 Å². The summed E-state index contributed by atoms with van der Waals surface area (Å²) in [5.74, 6) is 0. The Morgan fingerprint density at radius 3 is 1.50 bits per heavy atom. The highest BCUT2D eigenvalue weighted by Gasteiger charge is 2.09. The first kappa shape index (κ1) is 6.18. The standard InChI is InChI=1S/C4H9OSi/c1-5-6(2,3)4/h2-4H3. The molecule has 0 amide bonds. The molecule has 0 spiro atoms. The summed E-state index contributed by atoms with van der Waals surface area (Å²) in [4.78, 5) is 0. The summed E-state index contributed by atoms with van der Waals surface area (Å²) in [7, 11) is 4.95. The molecule has 2 heteroatoms. The van der Waals surface area contributed by atoms with Gasteiger partial charge in [0.15, 0.2) is 15.4 Å². The SMILES string of the molecule is [C]O[Si](C)(C)C. The molecule has 0 saturated carbocycles. The van der Waals surface area contributed by atoms with Gasteiger partial charge in [0.1, 0.15) is 0 Å². The molecule has 0 unspecified atom stereocenters. The summed E-state index contributed by atoms with van der Waals surface area (Å²) in [6, 6.07) is 0. The third-order valence-corrected chi connectivity index (χ3v) is 0.919. The fourth-order valence-corrected chi connectivity index (χ4v) is 0. The molecule has 35 valence electrons. The zero-order valence-corrected chi connectivity index (χ0v) is 5.41. The Bertz CT molecular complexity index is 37.3. The summed E-state index contributed by atoms with van der Waals surface area (Å²) in [6.07, 6.45) is 0. The van der Waals surface area contributed by atoms with E-state index in [2.05, 4.69) is 4.43 Å². The first-order chi connectivity index (χ1) is 2.56. The van der Waals surface area contributed by atoms with Crippen LogP contribution >= 0.6 is 0 Å². The van der Waals surface area contributed by atoms with Gasteiger partial charge in [-0.25, -0.2) is 0 Å². The van der Waals surface area contributed by atoms with E-state index in [9.17, 15) is 0 Å². The molecule has 0 heterocycles. The largest absolute Gasteiger partial charge is 0.403 e. The Morgan fingerprint density at radius 1 is 1.33 bits per heavy atom. The van der Waals surface area contributed by atoms with Crippen LogP contribution in [0.15, 0.2) is 0 Å². The molecule has 0 N–H and O–H groups in total. The smallest absolute Gasteiger partial charge is 0.185 e. The maximum absolute atomic E-state index is 6.42. The van der Waals surface area contributed by atoms with E-state index in [1.54, 1.807) is 0 Å². The van der Waals surface area contributed by atoms with E-state index < -0.39 is 8.32 Å². The van der Waals surface area contributed by atoms with Gasteiger partial charge in [-0.15, -0.1) is 0 Å². The number of hydrogen-bond donors (Lipinski definition) is 0. The molecule has 3 radical (unpaired) electrons. The van der Waals surface area contributed by atoms with Crippen molar-refractivity contribution >= 4 is 8.32 Å². The highest BCUT2D eigenvalue weighted by Crippen LogP contribution is 1.98. The topological polar surface area (TPSA) is 9.23 Å². The van der Waals surface area contributed by atoms with Crippen molar-refractivity contribution in [3.63, 3.8) is 0 Å². The summed E-state index contributed by atoms with van der Waals surface area (Å²) >= 11 is 0. The minimum Gasteiger partial charge on any atom is -0.403 e. The monoisotopic (exact) mass is 101 g/mol. The van der Waals surface area contributed by atoms with E-state index in [1.165, 1.54) is 0 Å². The van der Waals surface area contributed by atoms with Crippen LogP contribution in [0.4, 0.5) is 0 Å². The molecule has 0 fully saturated rings. The first-order valence-electron chi connectivity index (χ1n) is 1.91. The van der Waals surface area contributed by atoms with Crippen molar-refractivity contribution in [1.82, 2.24) is 0 Å². The lowest BCUT2D eigenvalue weighted by Gasteiger charge is -2.09. The van der Waals surface area contributed by atoms with Gasteiger partial charge in [-0.1, -0.05) is 0 Å². The number of hydrogen-bond acceptors (Lipinski definition) is 1. The molecule has 0 saturated heterocycles. The second kappa shape index (κ2) is 1.75. The first-order valence-corrected chi connectivity index (χ1v) is 5.32. The van der Waals surface area contributed by atoms with Gasteiger partial charge in [-0.2, -0.15) is 0 Å². The zero-order valence-electron chi connectivity index (χ0n) is 4.41. The molecule has 6 heavy (non-hydrogen) atoms. The molecule has 0 aromatic carbocycles. The average Bonchev–Trinajstić information content (AvgIpc) is 1.35. The maximum Gasteiger partial charge on any atom is 0.185 e. The molecular weight excluding hydrogens is 92.1 g/mol. The van der Waals surface area contributed by atoms with Crippen molar-refractivity contribution in [2.45, 2.75) is 19.6 Å². The fourth-order valence-electron chi connectivity index (χ4n) is 0. The van der Waals surface area contributed by atoms with Gasteiger partial charge >= 0.3 is 0 Å². The van der Waals surface area contributed by atoms with E-state index in [0.29, 0.717) is 0 Å². The van der Waals surface area contributed by atoms with Crippen molar-refractivity contribution in [1.29, 1.82) is 0 Å². The normalized spacial score (nSPS) is 12.0. The average molecular weight is 101 g/mol. The summed E-state index contributed by atoms with van der Waals surface area (Å²) in [6.45, 7) is 5.92. The van der Waals surface area contributed by atoms with Gasteiger partial charge in [0.2, 0.25) is 0 Å². The van der Waals surface area contributed by atoms with Gasteiger partial charge in [0.25, 0.3) is 0 Å². The van der Waals surface area contributed by atoms with Gasteiger partial charge in [-0.3, -0.25) is 0 Å². The Labute approximate surface area is 40.5 Å². The molecule has 1 nitrogen and oxygen atoms in total. The lowest BCUT2D eigenvalue weighted by molar-refractivity contribution is 0.471. The third-order valence-electron chi connectivity index (χ3n) is 0.306. The van der Waals surface area contributed by atoms with Crippen LogP contribution in [0.5, 0.6) is 0 Å². The summed E-state index contributed by atoms with van der Waals surface area (Å²) in [5.41, 5.74) is 0. The molecule has 0 aliphatic heterocycles. The molecule has 0 atom stereocenters. The van der Waals surface area contributed by atoms with Crippen molar-refractivity contribution in [2.75, 3.05) is 0 Å². The maximum atomic E-state index is 6.42. The van der Waals surface area contributed by atoms with Crippen LogP contribution < -0.4 is 0 Å². The van der Waals surface area contributed by atoms with Crippen molar-refractivity contribution < 1.29 is 4.43 Å². The van der Waals surface area contributed by atoms with E-state index in [0.717, 1.165) is 0 Å². The Morgan fingerprint density at radius 2 is 1.50 bits per heavy atom. The van der Waals surface area contributed by atoms with Crippen LogP contribution in [0.3, 0.4) is 0 Å². The Balaban J connectivity index is 3.17. The molecule has 0 aromatic heterocycles. The molecule has 0 aromatic rings. The van der Waals surface area contributed by atoms with Gasteiger partial charge in [-0.05, 0) is 19.6 Å². The molecule has 0 aliphatic carbocycles. The summed E-state index contributed by atoms with van der Waals surface area (Å²) in [5, 5.41) is 0. The van der Waals surface area contributed by atoms with Crippen LogP contribution in [0.2, 0.25) is 19.6 Å². The fraction of sp³-hybridized carbons (Fsp3) is 0.750. The molecule has 0 bridgehead atoms. The van der Waals surface area contributed by atoms with E-state index >= 15 is 0 Å². The Hall–Kier alpha value is 0.177. The van der Waals surface area contributed by atoms with Crippen molar-refractivity contribution in [3.05, 3.63) is 7.11 Å². The van der Waals surface area contributed by atoms with Crippen LogP contribution in [0.1, 0.15) is 0 Å². The molecular formula is C4H9OSi. The minimum atomic E-state index is -1.46. The van der Waals surface area contributed by atoms with E-state index in [4.69, 9.17) is 7.11 Å². The summed E-state index contributed by atoms with van der Waals surface area (Å²) < 4.78 is 4.33. The second-order valence-corrected chi connectivity index (χ2v) is 6.64. The van der Waals surface area contributed by atoms with Gasteiger partial charge in [0.05, 0.1) is 0 Å². The zero-order chi connectivity index (χ0) is 5.21. The van der Waals surface area contributed by atoms with Crippen LogP contribution in [-0.4, -0.2) is 8.32 Å². The van der Waals surface area contributed by atoms with Crippen LogP contribution in [0.25, 0.3) is 0 Å². The lowest BCUT2D eigenvalue weighted by atomic mass is 11.8. The third kappa shape index (κ3) is 4.18. The van der Waals surface area contributed by atoms with E-state index in [1.807, 2.05) is 19.6 Å². The van der Waals surface area contributed by atoms with Crippen molar-refractivity contribution in [2.24, 2.45) is 0 Å². The highest BCUT2D eigenvalue weighted by molar-refractivity contribution is 6.69. The second-order valence-electron chi connectivity index (χ2n) is 2.21. The molecule has 0 rings (SSSR count). The van der Waals surface area contributed by atoms with Gasteiger partial charge in [0, 0.05) is 0 Å². The predicted octanol–water partition coefficient (Wildman–Crippen LogP) is 1.38. The Kier molecular flexibility index (Phi) is 1.81. The minimum absolute atomic E-state index is 1.46. The van der Waals surface area contributed by atoms with Crippen LogP contribution in [0, 0.1) is 7.11 Å². The number of rotatable bonds is 1.